The Labute approximate surface area is 176 Å². The lowest BCUT2D eigenvalue weighted by Crippen LogP contribution is -2.28. The third kappa shape index (κ3) is 4.63. The van der Waals surface area contributed by atoms with Crippen LogP contribution in [0.1, 0.15) is 16.8 Å². The van der Waals surface area contributed by atoms with Crippen LogP contribution < -0.4 is 9.47 Å². The van der Waals surface area contributed by atoms with Crippen molar-refractivity contribution in [1.29, 1.82) is 0 Å². The Hall–Kier alpha value is -3.32. The lowest BCUT2D eigenvalue weighted by molar-refractivity contribution is 0.0780. The number of hydrogen-bond acceptors (Lipinski definition) is 5. The molecule has 2 aromatic carbocycles. The number of hydrogen-bond donors (Lipinski definition) is 0. The second-order valence-corrected chi connectivity index (χ2v) is 6.81. The van der Waals surface area contributed by atoms with Crippen LogP contribution in [0.25, 0.3) is 16.9 Å². The summed E-state index contributed by atoms with van der Waals surface area (Å²) >= 11 is 0. The summed E-state index contributed by atoms with van der Waals surface area (Å²) in [5, 5.41) is 4.73. The molecule has 30 heavy (non-hydrogen) atoms. The summed E-state index contributed by atoms with van der Waals surface area (Å²) in [5.41, 5.74) is 2.76. The first-order valence-electron chi connectivity index (χ1n) is 9.71. The molecule has 0 bridgehead atoms. The van der Waals surface area contributed by atoms with Crippen molar-refractivity contribution >= 4 is 5.91 Å². The van der Waals surface area contributed by atoms with Gasteiger partial charge in [0.2, 0.25) is 0 Å². The summed E-state index contributed by atoms with van der Waals surface area (Å²) in [5.74, 6) is 1.10. The molecular weight excluding hydrogens is 382 g/mol. The molecular formula is C23H27N3O4. The average Bonchev–Trinajstić information content (AvgIpc) is 3.24. The maximum atomic E-state index is 13.2. The van der Waals surface area contributed by atoms with Gasteiger partial charge in [-0.25, -0.2) is 4.68 Å². The Kier molecular flexibility index (Phi) is 7.08. The number of nitrogens with zero attached hydrogens (tertiary/aromatic N) is 3. The van der Waals surface area contributed by atoms with E-state index in [2.05, 4.69) is 0 Å². The van der Waals surface area contributed by atoms with Crippen LogP contribution in [0.2, 0.25) is 0 Å². The van der Waals surface area contributed by atoms with E-state index in [1.165, 1.54) is 0 Å². The number of benzene rings is 2. The number of para-hydroxylation sites is 1. The first-order valence-corrected chi connectivity index (χ1v) is 9.71. The molecule has 7 heteroatoms. The number of aromatic nitrogens is 2. The summed E-state index contributed by atoms with van der Waals surface area (Å²) in [4.78, 5) is 14.9. The van der Waals surface area contributed by atoms with Crippen LogP contribution in [0.5, 0.6) is 11.5 Å². The van der Waals surface area contributed by atoms with Gasteiger partial charge in [0.05, 0.1) is 25.5 Å². The molecule has 158 valence electrons. The van der Waals surface area contributed by atoms with Crippen LogP contribution in [0.4, 0.5) is 0 Å². The Morgan fingerprint density at radius 2 is 1.77 bits per heavy atom. The summed E-state index contributed by atoms with van der Waals surface area (Å²) in [7, 11) is 6.61. The predicted molar refractivity (Wildman–Crippen MR) is 116 cm³/mol. The second kappa shape index (κ2) is 9.93. The van der Waals surface area contributed by atoms with Gasteiger partial charge in [-0.15, -0.1) is 0 Å². The molecule has 1 aromatic heterocycles. The molecule has 0 spiro atoms. The van der Waals surface area contributed by atoms with E-state index in [1.807, 2.05) is 48.5 Å². The highest BCUT2D eigenvalue weighted by atomic mass is 16.5. The first kappa shape index (κ1) is 21.4. The molecule has 0 saturated carbocycles. The highest BCUT2D eigenvalue weighted by Gasteiger charge is 2.22. The van der Waals surface area contributed by atoms with Crippen molar-refractivity contribution in [2.45, 2.75) is 6.42 Å². The van der Waals surface area contributed by atoms with Crippen molar-refractivity contribution in [2.24, 2.45) is 0 Å². The molecule has 0 N–H and O–H groups in total. The number of carbonyl (C=O) groups excluding carboxylic acids is 1. The minimum atomic E-state index is -0.0990. The molecule has 0 fully saturated rings. The van der Waals surface area contributed by atoms with Crippen LogP contribution in [0.15, 0.2) is 54.7 Å². The maximum absolute atomic E-state index is 13.2. The molecule has 3 aromatic rings. The van der Waals surface area contributed by atoms with E-state index in [9.17, 15) is 4.79 Å². The summed E-state index contributed by atoms with van der Waals surface area (Å²) in [6.45, 7) is 1.19. The lowest BCUT2D eigenvalue weighted by Gasteiger charge is -2.17. The highest BCUT2D eigenvalue weighted by Crippen LogP contribution is 2.33. The van der Waals surface area contributed by atoms with Gasteiger partial charge in [0.15, 0.2) is 11.5 Å². The van der Waals surface area contributed by atoms with Gasteiger partial charge in [0.25, 0.3) is 5.91 Å². The molecule has 3 rings (SSSR count). The van der Waals surface area contributed by atoms with E-state index in [1.54, 1.807) is 44.2 Å². The molecule has 0 radical (unpaired) electrons. The fourth-order valence-corrected chi connectivity index (χ4v) is 3.19. The summed E-state index contributed by atoms with van der Waals surface area (Å²) in [6, 6.07) is 15.2. The zero-order chi connectivity index (χ0) is 21.5. The fourth-order valence-electron chi connectivity index (χ4n) is 3.19. The van der Waals surface area contributed by atoms with E-state index in [0.717, 1.165) is 17.7 Å². The third-order valence-electron chi connectivity index (χ3n) is 4.81. The van der Waals surface area contributed by atoms with Crippen molar-refractivity contribution in [3.8, 4) is 28.4 Å². The lowest BCUT2D eigenvalue weighted by atomic mass is 10.1. The molecule has 0 unspecified atom stereocenters. The quantitative estimate of drug-likeness (QED) is 0.505. The van der Waals surface area contributed by atoms with Gasteiger partial charge >= 0.3 is 0 Å². The van der Waals surface area contributed by atoms with Gasteiger partial charge in [0.1, 0.15) is 5.69 Å². The van der Waals surface area contributed by atoms with Crippen molar-refractivity contribution in [3.63, 3.8) is 0 Å². The van der Waals surface area contributed by atoms with Gasteiger partial charge in [0, 0.05) is 39.1 Å². The molecule has 0 atom stereocenters. The zero-order valence-electron chi connectivity index (χ0n) is 17.8. The standard InChI is InChI=1S/C23H27N3O4/c1-25(13-8-14-28-2)23(27)19-16-26(18-9-6-5-7-10-18)24-22(19)17-11-12-20(29-3)21(15-17)30-4/h5-7,9-12,15-16H,8,13-14H2,1-4H3. The van der Waals surface area contributed by atoms with Crippen molar-refractivity contribution in [3.05, 3.63) is 60.3 Å². The smallest absolute Gasteiger partial charge is 0.257 e. The van der Waals surface area contributed by atoms with Crippen LogP contribution in [-0.2, 0) is 4.74 Å². The van der Waals surface area contributed by atoms with Crippen LogP contribution in [-0.4, -0.2) is 62.1 Å². The van der Waals surface area contributed by atoms with Gasteiger partial charge in [-0.1, -0.05) is 18.2 Å². The predicted octanol–water partition coefficient (Wildman–Crippen LogP) is 3.67. The molecule has 1 heterocycles. The molecule has 0 aliphatic heterocycles. The van der Waals surface area contributed by atoms with Gasteiger partial charge in [-0.3, -0.25) is 4.79 Å². The number of ether oxygens (including phenoxy) is 3. The SMILES string of the molecule is COCCCN(C)C(=O)c1cn(-c2ccccc2)nc1-c1ccc(OC)c(OC)c1. The fraction of sp³-hybridized carbons (Fsp3) is 0.304. The number of carbonyl (C=O) groups is 1. The topological polar surface area (TPSA) is 65.8 Å². The van der Waals surface area contributed by atoms with E-state index in [-0.39, 0.29) is 5.91 Å². The normalized spacial score (nSPS) is 10.7. The Morgan fingerprint density at radius 1 is 1.03 bits per heavy atom. The van der Waals surface area contributed by atoms with E-state index in [4.69, 9.17) is 19.3 Å². The molecule has 1 amide bonds. The summed E-state index contributed by atoms with van der Waals surface area (Å²) in [6.07, 6.45) is 2.54. The van der Waals surface area contributed by atoms with Crippen molar-refractivity contribution < 1.29 is 19.0 Å². The molecule has 7 nitrogen and oxygen atoms in total. The highest BCUT2D eigenvalue weighted by molar-refractivity contribution is 6.00. The second-order valence-electron chi connectivity index (χ2n) is 6.81. The van der Waals surface area contributed by atoms with E-state index < -0.39 is 0 Å². The molecule has 0 aliphatic carbocycles. The Bertz CT molecular complexity index is 985. The summed E-state index contributed by atoms with van der Waals surface area (Å²) < 4.78 is 17.6. The molecule has 0 saturated heterocycles. The van der Waals surface area contributed by atoms with Gasteiger partial charge in [-0.05, 0) is 36.8 Å². The first-order chi connectivity index (χ1) is 14.6. The molecule has 0 aliphatic rings. The van der Waals surface area contributed by atoms with Crippen molar-refractivity contribution in [2.75, 3.05) is 41.5 Å². The minimum Gasteiger partial charge on any atom is -0.493 e. The number of rotatable bonds is 9. The van der Waals surface area contributed by atoms with Gasteiger partial charge < -0.3 is 19.1 Å². The van der Waals surface area contributed by atoms with Crippen LogP contribution >= 0.6 is 0 Å². The van der Waals surface area contributed by atoms with E-state index >= 15 is 0 Å². The average molecular weight is 409 g/mol. The van der Waals surface area contributed by atoms with Crippen molar-refractivity contribution in [1.82, 2.24) is 14.7 Å². The minimum absolute atomic E-state index is 0.0990. The Morgan fingerprint density at radius 3 is 2.43 bits per heavy atom. The number of methoxy groups -OCH3 is 3. The monoisotopic (exact) mass is 409 g/mol. The van der Waals surface area contributed by atoms with E-state index in [0.29, 0.717) is 35.9 Å². The van der Waals surface area contributed by atoms with Gasteiger partial charge in [-0.2, -0.15) is 5.10 Å². The largest absolute Gasteiger partial charge is 0.493 e. The van der Waals surface area contributed by atoms with Crippen LogP contribution in [0.3, 0.4) is 0 Å². The number of amides is 1. The van der Waals surface area contributed by atoms with Crippen LogP contribution in [0, 0.1) is 0 Å². The maximum Gasteiger partial charge on any atom is 0.257 e. The third-order valence-corrected chi connectivity index (χ3v) is 4.81. The Balaban J connectivity index is 2.04. The zero-order valence-corrected chi connectivity index (χ0v) is 17.8.